The summed E-state index contributed by atoms with van der Waals surface area (Å²) in [5, 5.41) is 0. The molecule has 5 nitrogen and oxygen atoms in total. The molecular weight excluding hydrogens is 356 g/mol. The van der Waals surface area contributed by atoms with Crippen LogP contribution in [0.5, 0.6) is 0 Å². The summed E-state index contributed by atoms with van der Waals surface area (Å²) in [7, 11) is -3.61. The summed E-state index contributed by atoms with van der Waals surface area (Å²) in [6.07, 6.45) is 0. The molecule has 0 bridgehead atoms. The molecular formula is C14H23BrN2O3S. The second kappa shape index (κ2) is 7.19. The van der Waals surface area contributed by atoms with E-state index in [-0.39, 0.29) is 18.0 Å². The van der Waals surface area contributed by atoms with E-state index < -0.39 is 15.6 Å². The third-order valence-electron chi connectivity index (χ3n) is 3.10. The van der Waals surface area contributed by atoms with Crippen molar-refractivity contribution in [1.82, 2.24) is 4.72 Å². The van der Waals surface area contributed by atoms with Crippen LogP contribution in [0, 0.1) is 6.92 Å². The molecule has 7 heteroatoms. The first kappa shape index (κ1) is 18.6. The highest BCUT2D eigenvalue weighted by molar-refractivity contribution is 9.10. The van der Waals surface area contributed by atoms with Crippen molar-refractivity contribution in [1.29, 1.82) is 0 Å². The van der Waals surface area contributed by atoms with Crippen molar-refractivity contribution < 1.29 is 13.2 Å². The molecule has 0 fully saturated rings. The highest BCUT2D eigenvalue weighted by atomic mass is 79.9. The van der Waals surface area contributed by atoms with Gasteiger partial charge in [-0.25, -0.2) is 13.1 Å². The van der Waals surface area contributed by atoms with Crippen molar-refractivity contribution in [3.8, 4) is 0 Å². The van der Waals surface area contributed by atoms with Crippen LogP contribution in [0.25, 0.3) is 0 Å². The van der Waals surface area contributed by atoms with Crippen molar-refractivity contribution in [2.75, 3.05) is 13.2 Å². The first-order valence-corrected chi connectivity index (χ1v) is 9.03. The molecule has 0 saturated carbocycles. The Morgan fingerprint density at radius 2 is 2.00 bits per heavy atom. The van der Waals surface area contributed by atoms with Gasteiger partial charge in [-0.15, -0.1) is 0 Å². The Hall–Kier alpha value is -0.470. The van der Waals surface area contributed by atoms with Crippen molar-refractivity contribution >= 4 is 26.0 Å². The van der Waals surface area contributed by atoms with Gasteiger partial charge >= 0.3 is 0 Å². The zero-order chi connectivity index (χ0) is 16.3. The highest BCUT2D eigenvalue weighted by Crippen LogP contribution is 2.26. The number of halogens is 1. The van der Waals surface area contributed by atoms with Crippen LogP contribution in [-0.2, 0) is 21.3 Å². The fraction of sp³-hybridized carbons (Fsp3) is 0.571. The number of nitrogens with two attached hydrogens (primary N) is 1. The van der Waals surface area contributed by atoms with Crippen molar-refractivity contribution in [3.63, 3.8) is 0 Å². The minimum atomic E-state index is -3.61. The van der Waals surface area contributed by atoms with Gasteiger partial charge in [0.15, 0.2) is 0 Å². The fourth-order valence-corrected chi connectivity index (χ4v) is 4.04. The van der Waals surface area contributed by atoms with Gasteiger partial charge in [-0.2, -0.15) is 0 Å². The van der Waals surface area contributed by atoms with E-state index in [1.165, 1.54) is 0 Å². The molecule has 0 unspecified atom stereocenters. The van der Waals surface area contributed by atoms with Gasteiger partial charge < -0.3 is 10.5 Å². The molecule has 0 saturated heterocycles. The lowest BCUT2D eigenvalue weighted by Crippen LogP contribution is -2.40. The van der Waals surface area contributed by atoms with E-state index in [1.54, 1.807) is 13.0 Å². The van der Waals surface area contributed by atoms with Gasteiger partial charge in [-0.05, 0) is 51.0 Å². The van der Waals surface area contributed by atoms with Crippen LogP contribution in [0.3, 0.4) is 0 Å². The number of sulfonamides is 1. The molecule has 0 aliphatic rings. The normalized spacial score (nSPS) is 12.7. The van der Waals surface area contributed by atoms with Gasteiger partial charge in [0, 0.05) is 24.2 Å². The molecule has 1 aromatic rings. The second-order valence-electron chi connectivity index (χ2n) is 5.42. The minimum Gasteiger partial charge on any atom is -0.375 e. The predicted molar refractivity (Wildman–Crippen MR) is 87.7 cm³/mol. The first-order valence-electron chi connectivity index (χ1n) is 6.75. The van der Waals surface area contributed by atoms with Crippen LogP contribution in [0.2, 0.25) is 0 Å². The second-order valence-corrected chi connectivity index (χ2v) is 8.01. The molecule has 0 spiro atoms. The van der Waals surface area contributed by atoms with E-state index >= 15 is 0 Å². The summed E-state index contributed by atoms with van der Waals surface area (Å²) in [5.41, 5.74) is 6.47. The smallest absolute Gasteiger partial charge is 0.240 e. The monoisotopic (exact) mass is 378 g/mol. The van der Waals surface area contributed by atoms with Gasteiger partial charge in [0.1, 0.15) is 0 Å². The maximum atomic E-state index is 12.5. The molecule has 1 aromatic carbocycles. The van der Waals surface area contributed by atoms with E-state index in [0.717, 1.165) is 10.0 Å². The Balaban J connectivity index is 3.06. The largest absolute Gasteiger partial charge is 0.375 e. The third kappa shape index (κ3) is 5.03. The molecule has 0 aliphatic carbocycles. The number of ether oxygens (including phenoxy) is 1. The Morgan fingerprint density at radius 3 is 2.52 bits per heavy atom. The molecule has 0 atom stereocenters. The SMILES string of the molecule is CCOC(C)(C)CNS(=O)(=O)c1cc(CN)cc(Br)c1C. The summed E-state index contributed by atoms with van der Waals surface area (Å²) in [5.74, 6) is 0. The number of benzene rings is 1. The van der Waals surface area contributed by atoms with Crippen LogP contribution >= 0.6 is 15.9 Å². The molecule has 3 N–H and O–H groups in total. The van der Waals surface area contributed by atoms with Gasteiger partial charge in [0.2, 0.25) is 10.0 Å². The average molecular weight is 379 g/mol. The summed E-state index contributed by atoms with van der Waals surface area (Å²) in [6, 6.07) is 3.44. The van der Waals surface area contributed by atoms with Crippen LogP contribution in [0.1, 0.15) is 31.9 Å². The molecule has 120 valence electrons. The average Bonchev–Trinajstić information content (AvgIpc) is 2.39. The molecule has 0 aliphatic heterocycles. The van der Waals surface area contributed by atoms with Crippen LogP contribution in [0.15, 0.2) is 21.5 Å². The van der Waals surface area contributed by atoms with Gasteiger partial charge in [0.25, 0.3) is 0 Å². The molecule has 0 radical (unpaired) electrons. The molecule has 0 heterocycles. The van der Waals surface area contributed by atoms with Crippen LogP contribution in [-0.4, -0.2) is 27.2 Å². The lowest BCUT2D eigenvalue weighted by atomic mass is 10.1. The number of rotatable bonds is 7. The summed E-state index contributed by atoms with van der Waals surface area (Å²) in [4.78, 5) is 0.240. The number of nitrogens with one attached hydrogen (secondary N) is 1. The van der Waals surface area contributed by atoms with Gasteiger partial charge in [-0.1, -0.05) is 15.9 Å². The lowest BCUT2D eigenvalue weighted by Gasteiger charge is -2.25. The van der Waals surface area contributed by atoms with E-state index in [0.29, 0.717) is 12.2 Å². The van der Waals surface area contributed by atoms with Crippen LogP contribution in [0.4, 0.5) is 0 Å². The lowest BCUT2D eigenvalue weighted by molar-refractivity contribution is -0.00515. The molecule has 21 heavy (non-hydrogen) atoms. The van der Waals surface area contributed by atoms with E-state index in [9.17, 15) is 8.42 Å². The minimum absolute atomic E-state index is 0.201. The van der Waals surface area contributed by atoms with Crippen LogP contribution < -0.4 is 10.5 Å². The number of hydrogen-bond donors (Lipinski definition) is 2. The van der Waals surface area contributed by atoms with E-state index in [4.69, 9.17) is 10.5 Å². The van der Waals surface area contributed by atoms with E-state index in [2.05, 4.69) is 20.7 Å². The predicted octanol–water partition coefficient (Wildman–Crippen LogP) is 2.31. The molecule has 1 rings (SSSR count). The summed E-state index contributed by atoms with van der Waals surface area (Å²) in [6.45, 7) is 8.34. The standard InChI is InChI=1S/C14H23BrN2O3S/c1-5-20-14(3,4)9-17-21(18,19)13-7-11(8-16)6-12(15)10(13)2/h6-7,17H,5,8-9,16H2,1-4H3. The highest BCUT2D eigenvalue weighted by Gasteiger charge is 2.24. The molecule has 0 aromatic heterocycles. The molecule has 0 amide bonds. The maximum absolute atomic E-state index is 12.5. The van der Waals surface area contributed by atoms with Crippen molar-refractivity contribution in [2.24, 2.45) is 5.73 Å². The first-order chi connectivity index (χ1) is 9.63. The zero-order valence-corrected chi connectivity index (χ0v) is 15.3. The Kier molecular flexibility index (Phi) is 6.36. The third-order valence-corrected chi connectivity index (χ3v) is 5.46. The summed E-state index contributed by atoms with van der Waals surface area (Å²) >= 11 is 3.37. The van der Waals surface area contributed by atoms with Crippen molar-refractivity contribution in [2.45, 2.75) is 44.7 Å². The Labute approximate surface area is 135 Å². The number of hydrogen-bond acceptors (Lipinski definition) is 4. The quantitative estimate of drug-likeness (QED) is 0.762. The Morgan fingerprint density at radius 1 is 1.38 bits per heavy atom. The maximum Gasteiger partial charge on any atom is 0.240 e. The van der Waals surface area contributed by atoms with Gasteiger partial charge in [0.05, 0.1) is 10.5 Å². The zero-order valence-electron chi connectivity index (χ0n) is 12.9. The topological polar surface area (TPSA) is 81.4 Å². The fourth-order valence-electron chi connectivity index (χ4n) is 1.89. The van der Waals surface area contributed by atoms with Crippen molar-refractivity contribution in [3.05, 3.63) is 27.7 Å². The van der Waals surface area contributed by atoms with Gasteiger partial charge in [-0.3, -0.25) is 0 Å². The Bertz CT molecular complexity index is 600. The summed E-state index contributed by atoms with van der Waals surface area (Å²) < 4.78 is 33.8. The van der Waals surface area contributed by atoms with E-state index in [1.807, 2.05) is 26.8 Å².